The predicted molar refractivity (Wildman–Crippen MR) is 76.7 cm³/mol. The van der Waals surface area contributed by atoms with Crippen LogP contribution in [0.3, 0.4) is 0 Å². The van der Waals surface area contributed by atoms with Crippen LogP contribution in [-0.4, -0.2) is 18.5 Å². The maximum Gasteiger partial charge on any atom is 0.0465 e. The number of nitrogens with one attached hydrogen (secondary N) is 1. The van der Waals surface area contributed by atoms with E-state index in [1.165, 1.54) is 5.56 Å². The second-order valence-electron chi connectivity index (χ2n) is 5.80. The van der Waals surface area contributed by atoms with Crippen molar-refractivity contribution in [3.05, 3.63) is 35.9 Å². The van der Waals surface area contributed by atoms with Crippen molar-refractivity contribution in [2.75, 3.05) is 13.1 Å². The number of halogens is 1. The fourth-order valence-corrected chi connectivity index (χ4v) is 2.44. The van der Waals surface area contributed by atoms with Gasteiger partial charge in [0, 0.05) is 11.9 Å². The molecule has 17 heavy (non-hydrogen) atoms. The normalized spacial score (nSPS) is 13.6. The minimum atomic E-state index is 0.228. The van der Waals surface area contributed by atoms with Crippen LogP contribution < -0.4 is 5.32 Å². The summed E-state index contributed by atoms with van der Waals surface area (Å²) in [4.78, 5) is 0. The Bertz CT molecular complexity index is 302. The van der Waals surface area contributed by atoms with Gasteiger partial charge in [-0.05, 0) is 30.4 Å². The summed E-state index contributed by atoms with van der Waals surface area (Å²) in [5, 5.41) is 3.65. The zero-order valence-electron chi connectivity index (χ0n) is 11.2. The van der Waals surface area contributed by atoms with Crippen LogP contribution in [0.15, 0.2) is 30.3 Å². The third-order valence-electron chi connectivity index (χ3n) is 2.63. The van der Waals surface area contributed by atoms with Gasteiger partial charge in [-0.1, -0.05) is 51.1 Å². The summed E-state index contributed by atoms with van der Waals surface area (Å²) in [5.41, 5.74) is 1.69. The first-order valence-electron chi connectivity index (χ1n) is 6.36. The zero-order valence-corrected chi connectivity index (χ0v) is 11.9. The van der Waals surface area contributed by atoms with Gasteiger partial charge in [-0.25, -0.2) is 0 Å². The van der Waals surface area contributed by atoms with Crippen molar-refractivity contribution >= 4 is 11.6 Å². The number of rotatable bonds is 6. The molecule has 0 aliphatic carbocycles. The summed E-state index contributed by atoms with van der Waals surface area (Å²) in [5.74, 6) is 0. The molecule has 0 spiro atoms. The molecule has 1 nitrogen and oxygen atoms in total. The quantitative estimate of drug-likeness (QED) is 0.600. The van der Waals surface area contributed by atoms with Crippen molar-refractivity contribution < 1.29 is 0 Å². The highest BCUT2D eigenvalue weighted by molar-refractivity contribution is 6.20. The lowest BCUT2D eigenvalue weighted by Crippen LogP contribution is -2.28. The first-order chi connectivity index (χ1) is 7.97. The van der Waals surface area contributed by atoms with Crippen LogP contribution in [0.2, 0.25) is 0 Å². The topological polar surface area (TPSA) is 12.0 Å². The van der Waals surface area contributed by atoms with E-state index in [0.29, 0.717) is 5.41 Å². The molecule has 1 aromatic carbocycles. The molecule has 0 saturated heterocycles. The molecule has 0 aromatic heterocycles. The van der Waals surface area contributed by atoms with Gasteiger partial charge in [0.05, 0.1) is 0 Å². The molecule has 0 aliphatic heterocycles. The molecule has 0 bridgehead atoms. The van der Waals surface area contributed by atoms with Gasteiger partial charge in [-0.2, -0.15) is 0 Å². The first kappa shape index (κ1) is 14.5. The average Bonchev–Trinajstić information content (AvgIpc) is 2.23. The van der Waals surface area contributed by atoms with E-state index in [1.54, 1.807) is 0 Å². The van der Waals surface area contributed by atoms with E-state index in [1.807, 2.05) is 0 Å². The molecule has 0 radical (unpaired) electrons. The Kier molecular flexibility index (Phi) is 6.01. The van der Waals surface area contributed by atoms with E-state index in [4.69, 9.17) is 11.6 Å². The zero-order chi connectivity index (χ0) is 12.7. The second kappa shape index (κ2) is 7.03. The Hall–Kier alpha value is -0.530. The van der Waals surface area contributed by atoms with E-state index >= 15 is 0 Å². The molecule has 96 valence electrons. The van der Waals surface area contributed by atoms with Crippen LogP contribution in [-0.2, 0) is 6.42 Å². The second-order valence-corrected chi connectivity index (χ2v) is 6.42. The van der Waals surface area contributed by atoms with E-state index in [2.05, 4.69) is 56.4 Å². The van der Waals surface area contributed by atoms with Gasteiger partial charge < -0.3 is 5.32 Å². The summed E-state index contributed by atoms with van der Waals surface area (Å²) >= 11 is 6.28. The van der Waals surface area contributed by atoms with Gasteiger partial charge in [-0.3, -0.25) is 0 Å². The molecule has 0 aliphatic rings. The number of alkyl halides is 1. The van der Waals surface area contributed by atoms with Crippen molar-refractivity contribution in [1.29, 1.82) is 0 Å². The molecule has 1 aromatic rings. The van der Waals surface area contributed by atoms with Gasteiger partial charge in [0.15, 0.2) is 0 Å². The molecule has 1 unspecified atom stereocenters. The Morgan fingerprint density at radius 1 is 1.18 bits per heavy atom. The van der Waals surface area contributed by atoms with Gasteiger partial charge in [-0.15, -0.1) is 11.6 Å². The van der Waals surface area contributed by atoms with Crippen molar-refractivity contribution in [2.45, 2.75) is 39.0 Å². The number of hydrogen-bond donors (Lipinski definition) is 1. The Morgan fingerprint density at radius 3 is 2.41 bits per heavy atom. The van der Waals surface area contributed by atoms with Crippen molar-refractivity contribution in [3.63, 3.8) is 0 Å². The molecular formula is C15H24ClN. The minimum Gasteiger partial charge on any atom is -0.315 e. The van der Waals surface area contributed by atoms with Crippen LogP contribution in [0.4, 0.5) is 0 Å². The first-order valence-corrected chi connectivity index (χ1v) is 6.80. The average molecular weight is 254 g/mol. The maximum absolute atomic E-state index is 6.28. The Labute approximate surface area is 111 Å². The molecule has 0 fully saturated rings. The van der Waals surface area contributed by atoms with Crippen molar-refractivity contribution in [1.82, 2.24) is 5.32 Å². The highest BCUT2D eigenvalue weighted by atomic mass is 35.5. The number of benzene rings is 1. The molecule has 0 saturated carbocycles. The molecule has 1 rings (SSSR count). The minimum absolute atomic E-state index is 0.228. The summed E-state index contributed by atoms with van der Waals surface area (Å²) in [6, 6.07) is 10.5. The predicted octanol–water partition coefficient (Wildman–Crippen LogP) is 3.86. The summed E-state index contributed by atoms with van der Waals surface area (Å²) < 4.78 is 0. The lowest BCUT2D eigenvalue weighted by Gasteiger charge is -2.22. The Morgan fingerprint density at radius 2 is 1.82 bits per heavy atom. The van der Waals surface area contributed by atoms with Crippen LogP contribution in [0.25, 0.3) is 0 Å². The molecule has 0 amide bonds. The van der Waals surface area contributed by atoms with Gasteiger partial charge in [0.25, 0.3) is 0 Å². The molecular weight excluding hydrogens is 230 g/mol. The van der Waals surface area contributed by atoms with Crippen molar-refractivity contribution in [2.24, 2.45) is 5.41 Å². The fourth-order valence-electron chi connectivity index (χ4n) is 1.87. The van der Waals surface area contributed by atoms with Crippen molar-refractivity contribution in [3.8, 4) is 0 Å². The summed E-state index contributed by atoms with van der Waals surface area (Å²) in [6.45, 7) is 8.58. The molecule has 2 heteroatoms. The number of hydrogen-bond acceptors (Lipinski definition) is 1. The van der Waals surface area contributed by atoms with Gasteiger partial charge >= 0.3 is 0 Å². The lowest BCUT2D eigenvalue weighted by atomic mass is 9.90. The van der Waals surface area contributed by atoms with Crippen LogP contribution in [0.5, 0.6) is 0 Å². The summed E-state index contributed by atoms with van der Waals surface area (Å²) in [7, 11) is 0. The molecule has 1 atom stereocenters. The van der Waals surface area contributed by atoms with Crippen LogP contribution >= 0.6 is 11.6 Å². The highest BCUT2D eigenvalue weighted by Gasteiger charge is 2.16. The van der Waals surface area contributed by atoms with E-state index in [9.17, 15) is 0 Å². The van der Waals surface area contributed by atoms with Gasteiger partial charge in [0.2, 0.25) is 0 Å². The highest BCUT2D eigenvalue weighted by Crippen LogP contribution is 2.23. The standard InChI is InChI=1S/C15H24ClN/c1-15(2,3)11-14(16)12-17-10-9-13-7-5-4-6-8-13/h4-8,14,17H,9-12H2,1-3H3. The van der Waals surface area contributed by atoms with E-state index in [-0.39, 0.29) is 5.38 Å². The third kappa shape index (κ3) is 7.40. The molecule has 0 heterocycles. The van der Waals surface area contributed by atoms with Gasteiger partial charge in [0.1, 0.15) is 0 Å². The maximum atomic E-state index is 6.28. The summed E-state index contributed by atoms with van der Waals surface area (Å²) in [6.07, 6.45) is 2.12. The van der Waals surface area contributed by atoms with E-state index < -0.39 is 0 Å². The smallest absolute Gasteiger partial charge is 0.0465 e. The van der Waals surface area contributed by atoms with Crippen LogP contribution in [0.1, 0.15) is 32.8 Å². The SMILES string of the molecule is CC(C)(C)CC(Cl)CNCCc1ccccc1. The fraction of sp³-hybridized carbons (Fsp3) is 0.600. The lowest BCUT2D eigenvalue weighted by molar-refractivity contribution is 0.365. The molecule has 1 N–H and O–H groups in total. The Balaban J connectivity index is 2.12. The third-order valence-corrected chi connectivity index (χ3v) is 2.94. The van der Waals surface area contributed by atoms with Crippen LogP contribution in [0, 0.1) is 5.41 Å². The largest absolute Gasteiger partial charge is 0.315 e. The van der Waals surface area contributed by atoms with E-state index in [0.717, 1.165) is 25.9 Å². The monoisotopic (exact) mass is 253 g/mol.